The number of nitrogens with zero attached hydrogens (tertiary/aromatic N) is 1. The van der Waals surface area contributed by atoms with Gasteiger partial charge in [0.2, 0.25) is 0 Å². The molecule has 1 N–H and O–H groups in total. The maximum absolute atomic E-state index is 13.3. The van der Waals surface area contributed by atoms with Crippen LogP contribution in [0.2, 0.25) is 0 Å². The first-order valence-electron chi connectivity index (χ1n) is 4.09. The van der Waals surface area contributed by atoms with Gasteiger partial charge >= 0.3 is 5.76 Å². The SMILES string of the molecule is Cc1cc(-c2n[nH]c(=O)o2)c(F)cc1F. The van der Waals surface area contributed by atoms with E-state index in [0.29, 0.717) is 0 Å². The molecule has 15 heavy (non-hydrogen) atoms. The molecule has 4 nitrogen and oxygen atoms in total. The lowest BCUT2D eigenvalue weighted by atomic mass is 10.1. The van der Waals surface area contributed by atoms with Gasteiger partial charge in [0.25, 0.3) is 5.89 Å². The quantitative estimate of drug-likeness (QED) is 0.781. The van der Waals surface area contributed by atoms with E-state index in [1.54, 1.807) is 0 Å². The van der Waals surface area contributed by atoms with E-state index in [2.05, 4.69) is 9.52 Å². The Bertz CT molecular complexity index is 559. The number of rotatable bonds is 1. The van der Waals surface area contributed by atoms with Crippen molar-refractivity contribution in [1.29, 1.82) is 0 Å². The van der Waals surface area contributed by atoms with E-state index in [0.717, 1.165) is 6.07 Å². The molecule has 2 rings (SSSR count). The van der Waals surface area contributed by atoms with Gasteiger partial charge in [-0.05, 0) is 18.6 Å². The molecule has 0 bridgehead atoms. The van der Waals surface area contributed by atoms with Crippen molar-refractivity contribution in [2.24, 2.45) is 0 Å². The van der Waals surface area contributed by atoms with Crippen LogP contribution in [0.1, 0.15) is 5.56 Å². The Morgan fingerprint density at radius 1 is 1.33 bits per heavy atom. The van der Waals surface area contributed by atoms with Crippen LogP contribution in [0.5, 0.6) is 0 Å². The molecule has 6 heteroatoms. The molecule has 0 unspecified atom stereocenters. The van der Waals surface area contributed by atoms with Gasteiger partial charge in [0.1, 0.15) is 11.6 Å². The summed E-state index contributed by atoms with van der Waals surface area (Å²) in [6.07, 6.45) is 0. The summed E-state index contributed by atoms with van der Waals surface area (Å²) >= 11 is 0. The Hall–Kier alpha value is -1.98. The zero-order valence-corrected chi connectivity index (χ0v) is 7.67. The van der Waals surface area contributed by atoms with Crippen LogP contribution in [-0.2, 0) is 0 Å². The largest absolute Gasteiger partial charge is 0.434 e. The van der Waals surface area contributed by atoms with E-state index in [4.69, 9.17) is 0 Å². The molecule has 0 aliphatic heterocycles. The molecule has 1 aromatic heterocycles. The van der Waals surface area contributed by atoms with Crippen LogP contribution in [0.25, 0.3) is 11.5 Å². The van der Waals surface area contributed by atoms with Gasteiger partial charge in [0.15, 0.2) is 0 Å². The van der Waals surface area contributed by atoms with Gasteiger partial charge in [-0.15, -0.1) is 5.10 Å². The number of halogens is 2. The third-order valence-electron chi connectivity index (χ3n) is 1.92. The van der Waals surface area contributed by atoms with Crippen molar-refractivity contribution in [3.05, 3.63) is 39.9 Å². The van der Waals surface area contributed by atoms with Crippen LogP contribution in [0.4, 0.5) is 8.78 Å². The number of benzene rings is 1. The summed E-state index contributed by atoms with van der Waals surface area (Å²) in [5.41, 5.74) is 0.198. The molecule has 0 fully saturated rings. The monoisotopic (exact) mass is 212 g/mol. The fraction of sp³-hybridized carbons (Fsp3) is 0.111. The van der Waals surface area contributed by atoms with Gasteiger partial charge in [-0.1, -0.05) is 0 Å². The lowest BCUT2D eigenvalue weighted by Crippen LogP contribution is -1.93. The highest BCUT2D eigenvalue weighted by atomic mass is 19.1. The summed E-state index contributed by atoms with van der Waals surface area (Å²) < 4.78 is 30.7. The van der Waals surface area contributed by atoms with E-state index in [9.17, 15) is 13.6 Å². The maximum atomic E-state index is 13.3. The summed E-state index contributed by atoms with van der Waals surface area (Å²) in [4.78, 5) is 10.6. The van der Waals surface area contributed by atoms with Gasteiger partial charge < -0.3 is 4.42 Å². The molecule has 1 heterocycles. The fourth-order valence-electron chi connectivity index (χ4n) is 1.17. The summed E-state index contributed by atoms with van der Waals surface area (Å²) in [5, 5.41) is 5.45. The van der Waals surface area contributed by atoms with Gasteiger partial charge in [0.05, 0.1) is 5.56 Å². The number of nitrogens with one attached hydrogen (secondary N) is 1. The summed E-state index contributed by atoms with van der Waals surface area (Å²) in [7, 11) is 0. The van der Waals surface area contributed by atoms with Gasteiger partial charge in [0, 0.05) is 6.07 Å². The van der Waals surface area contributed by atoms with Crippen LogP contribution < -0.4 is 5.76 Å². The average molecular weight is 212 g/mol. The first kappa shape index (κ1) is 9.57. The van der Waals surface area contributed by atoms with Gasteiger partial charge in [-0.25, -0.2) is 18.7 Å². The van der Waals surface area contributed by atoms with E-state index < -0.39 is 17.4 Å². The van der Waals surface area contributed by atoms with Crippen molar-refractivity contribution in [3.8, 4) is 11.5 Å². The van der Waals surface area contributed by atoms with Crippen molar-refractivity contribution >= 4 is 0 Å². The molecule has 0 atom stereocenters. The first-order valence-corrected chi connectivity index (χ1v) is 4.09. The molecular weight excluding hydrogens is 206 g/mol. The molecule has 1 aromatic carbocycles. The van der Waals surface area contributed by atoms with Gasteiger partial charge in [-0.2, -0.15) is 0 Å². The fourth-order valence-corrected chi connectivity index (χ4v) is 1.17. The highest BCUT2D eigenvalue weighted by Crippen LogP contribution is 2.22. The van der Waals surface area contributed by atoms with E-state index in [1.807, 2.05) is 5.10 Å². The van der Waals surface area contributed by atoms with E-state index >= 15 is 0 Å². The molecule has 0 saturated heterocycles. The Kier molecular flexibility index (Phi) is 2.11. The van der Waals surface area contributed by atoms with E-state index in [-0.39, 0.29) is 17.0 Å². The molecule has 2 aromatic rings. The summed E-state index contributed by atoms with van der Waals surface area (Å²) in [6.45, 7) is 1.48. The number of hydrogen-bond donors (Lipinski definition) is 1. The zero-order chi connectivity index (χ0) is 11.0. The number of hydrogen-bond acceptors (Lipinski definition) is 3. The Balaban J connectivity index is 2.63. The topological polar surface area (TPSA) is 58.9 Å². The normalized spacial score (nSPS) is 10.6. The van der Waals surface area contributed by atoms with Crippen LogP contribution in [0.15, 0.2) is 21.3 Å². The Morgan fingerprint density at radius 2 is 2.07 bits per heavy atom. The number of H-pyrrole nitrogens is 1. The number of aromatic nitrogens is 2. The second kappa shape index (κ2) is 3.30. The molecule has 0 aliphatic carbocycles. The smallest absolute Gasteiger partial charge is 0.388 e. The zero-order valence-electron chi connectivity index (χ0n) is 7.67. The summed E-state index contributed by atoms with van der Waals surface area (Å²) in [6, 6.07) is 1.95. The minimum Gasteiger partial charge on any atom is -0.388 e. The molecule has 0 spiro atoms. The van der Waals surface area contributed by atoms with Crippen molar-refractivity contribution in [2.75, 3.05) is 0 Å². The number of aryl methyl sites for hydroxylation is 1. The first-order chi connectivity index (χ1) is 7.08. The Morgan fingerprint density at radius 3 is 2.67 bits per heavy atom. The molecular formula is C9H6F2N2O2. The molecule has 0 radical (unpaired) electrons. The minimum absolute atomic E-state index is 0.0488. The second-order valence-electron chi connectivity index (χ2n) is 3.00. The van der Waals surface area contributed by atoms with E-state index in [1.165, 1.54) is 13.0 Å². The van der Waals surface area contributed by atoms with Crippen molar-refractivity contribution in [3.63, 3.8) is 0 Å². The van der Waals surface area contributed by atoms with Crippen LogP contribution in [-0.4, -0.2) is 10.2 Å². The van der Waals surface area contributed by atoms with Crippen molar-refractivity contribution in [1.82, 2.24) is 10.2 Å². The van der Waals surface area contributed by atoms with Crippen LogP contribution in [0.3, 0.4) is 0 Å². The van der Waals surface area contributed by atoms with Gasteiger partial charge in [-0.3, -0.25) is 0 Å². The predicted molar refractivity (Wildman–Crippen MR) is 47.2 cm³/mol. The Labute approximate surface area is 82.5 Å². The lowest BCUT2D eigenvalue weighted by Gasteiger charge is -2.00. The highest BCUT2D eigenvalue weighted by molar-refractivity contribution is 5.54. The van der Waals surface area contributed by atoms with Crippen molar-refractivity contribution < 1.29 is 13.2 Å². The third kappa shape index (κ3) is 1.65. The van der Waals surface area contributed by atoms with Crippen molar-refractivity contribution in [2.45, 2.75) is 6.92 Å². The number of aromatic amines is 1. The highest BCUT2D eigenvalue weighted by Gasteiger charge is 2.13. The van der Waals surface area contributed by atoms with Crippen LogP contribution in [0, 0.1) is 18.6 Å². The molecule has 0 amide bonds. The second-order valence-corrected chi connectivity index (χ2v) is 3.00. The van der Waals surface area contributed by atoms with Crippen LogP contribution >= 0.6 is 0 Å². The molecule has 78 valence electrons. The summed E-state index contributed by atoms with van der Waals surface area (Å²) in [5.74, 6) is -2.46. The maximum Gasteiger partial charge on any atom is 0.434 e. The predicted octanol–water partition coefficient (Wildman–Crippen LogP) is 1.62. The third-order valence-corrected chi connectivity index (χ3v) is 1.92. The molecule has 0 saturated carbocycles. The minimum atomic E-state index is -0.826. The lowest BCUT2D eigenvalue weighted by molar-refractivity contribution is 0.518. The standard InChI is InChI=1S/C9H6F2N2O2/c1-4-2-5(7(11)3-6(4)10)8-12-13-9(14)15-8/h2-3H,1H3,(H,13,14). The average Bonchev–Trinajstić information content (AvgIpc) is 2.58. The molecule has 0 aliphatic rings.